The number of rotatable bonds is 8. The number of ether oxygens (including phenoxy) is 2. The van der Waals surface area contributed by atoms with Gasteiger partial charge in [-0.3, -0.25) is 9.59 Å². The van der Waals surface area contributed by atoms with Gasteiger partial charge in [-0.25, -0.2) is 0 Å². The third-order valence-corrected chi connectivity index (χ3v) is 3.27. The Hall–Kier alpha value is -1.56. The van der Waals surface area contributed by atoms with Crippen LogP contribution < -0.4 is 14.8 Å². The monoisotopic (exact) mass is 357 g/mol. The fourth-order valence-corrected chi connectivity index (χ4v) is 2.21. The molecule has 1 aromatic carbocycles. The minimum absolute atomic E-state index is 0.189. The molecule has 0 spiro atoms. The van der Waals surface area contributed by atoms with Crippen LogP contribution in [-0.2, 0) is 4.79 Å². The Morgan fingerprint density at radius 1 is 1.43 bits per heavy atom. The predicted octanol–water partition coefficient (Wildman–Crippen LogP) is 2.95. The first-order valence-corrected chi connectivity index (χ1v) is 7.68. The van der Waals surface area contributed by atoms with Crippen LogP contribution in [-0.4, -0.2) is 31.4 Å². The molecule has 0 saturated heterocycles. The minimum Gasteiger partial charge on any atom is -0.490 e. The van der Waals surface area contributed by atoms with Gasteiger partial charge in [0.2, 0.25) is 0 Å². The van der Waals surface area contributed by atoms with E-state index in [9.17, 15) is 9.59 Å². The van der Waals surface area contributed by atoms with Crippen molar-refractivity contribution < 1.29 is 19.1 Å². The second-order valence-corrected chi connectivity index (χ2v) is 5.29. The highest BCUT2D eigenvalue weighted by Gasteiger charge is 2.19. The molecule has 0 saturated carbocycles. The first-order chi connectivity index (χ1) is 10.0. The number of carbonyl (C=O) groups excluding carboxylic acids is 2. The van der Waals surface area contributed by atoms with E-state index in [2.05, 4.69) is 21.2 Å². The average Bonchev–Trinajstić information content (AvgIpc) is 2.47. The van der Waals surface area contributed by atoms with E-state index in [1.165, 1.54) is 0 Å². The Morgan fingerprint density at radius 2 is 2.14 bits per heavy atom. The molecule has 116 valence electrons. The molecule has 0 aliphatic heterocycles. The average molecular weight is 358 g/mol. The lowest BCUT2D eigenvalue weighted by Crippen LogP contribution is -2.36. The number of carbonyl (C=O) groups is 2. The number of hydrogen-bond donors (Lipinski definition) is 1. The smallest absolute Gasteiger partial charge is 0.260 e. The number of halogens is 1. The first-order valence-electron chi connectivity index (χ1n) is 6.89. The van der Waals surface area contributed by atoms with E-state index in [1.807, 2.05) is 13.8 Å². The fourth-order valence-electron chi connectivity index (χ4n) is 1.66. The highest BCUT2D eigenvalue weighted by molar-refractivity contribution is 9.10. The molecular formula is C15H20BrNO4. The fraction of sp³-hybridized carbons (Fsp3) is 0.467. The zero-order valence-corrected chi connectivity index (χ0v) is 14.0. The lowest BCUT2D eigenvalue weighted by Gasteiger charge is -2.18. The van der Waals surface area contributed by atoms with Crippen molar-refractivity contribution in [3.8, 4) is 11.5 Å². The van der Waals surface area contributed by atoms with E-state index < -0.39 is 6.10 Å². The van der Waals surface area contributed by atoms with Crippen LogP contribution in [0.15, 0.2) is 16.6 Å². The van der Waals surface area contributed by atoms with Crippen molar-refractivity contribution in [2.24, 2.45) is 0 Å². The van der Waals surface area contributed by atoms with Gasteiger partial charge in [-0.15, -0.1) is 0 Å². The van der Waals surface area contributed by atoms with Crippen molar-refractivity contribution >= 4 is 28.1 Å². The third-order valence-electron chi connectivity index (χ3n) is 2.68. The number of hydrogen-bond acceptors (Lipinski definition) is 4. The van der Waals surface area contributed by atoms with Gasteiger partial charge in [0, 0.05) is 12.1 Å². The number of benzene rings is 1. The summed E-state index contributed by atoms with van der Waals surface area (Å²) in [4.78, 5) is 22.8. The van der Waals surface area contributed by atoms with Crippen molar-refractivity contribution in [1.29, 1.82) is 0 Å². The predicted molar refractivity (Wildman–Crippen MR) is 84.1 cm³/mol. The first kappa shape index (κ1) is 17.5. The van der Waals surface area contributed by atoms with Crippen LogP contribution in [0.4, 0.5) is 0 Å². The second-order valence-electron chi connectivity index (χ2n) is 4.43. The summed E-state index contributed by atoms with van der Waals surface area (Å²) in [7, 11) is 0. The molecule has 0 bridgehead atoms. The van der Waals surface area contributed by atoms with Crippen molar-refractivity contribution in [2.75, 3.05) is 13.2 Å². The highest BCUT2D eigenvalue weighted by atomic mass is 79.9. The molecule has 21 heavy (non-hydrogen) atoms. The summed E-state index contributed by atoms with van der Waals surface area (Å²) in [5.41, 5.74) is 0.473. The molecule has 0 heterocycles. The molecule has 0 aromatic heterocycles. The number of aldehydes is 1. The topological polar surface area (TPSA) is 64.6 Å². The van der Waals surface area contributed by atoms with E-state index in [0.717, 1.165) is 12.7 Å². The van der Waals surface area contributed by atoms with Crippen LogP contribution in [0.2, 0.25) is 0 Å². The third kappa shape index (κ3) is 5.04. The van der Waals surface area contributed by atoms with E-state index in [-0.39, 0.29) is 5.91 Å². The van der Waals surface area contributed by atoms with E-state index in [0.29, 0.717) is 34.7 Å². The van der Waals surface area contributed by atoms with E-state index >= 15 is 0 Å². The van der Waals surface area contributed by atoms with E-state index in [4.69, 9.17) is 9.47 Å². The van der Waals surface area contributed by atoms with Gasteiger partial charge in [0.15, 0.2) is 17.6 Å². The van der Waals surface area contributed by atoms with Crippen molar-refractivity contribution in [3.05, 3.63) is 22.2 Å². The maximum atomic E-state index is 11.9. The molecular weight excluding hydrogens is 338 g/mol. The molecule has 1 amide bonds. The van der Waals surface area contributed by atoms with Crippen LogP contribution in [0.5, 0.6) is 11.5 Å². The zero-order valence-electron chi connectivity index (χ0n) is 12.4. The maximum absolute atomic E-state index is 11.9. The molecule has 0 aliphatic carbocycles. The van der Waals surface area contributed by atoms with Crippen LogP contribution in [0.3, 0.4) is 0 Å². The molecule has 5 nitrogen and oxygen atoms in total. The number of amides is 1. The van der Waals surface area contributed by atoms with Crippen LogP contribution in [0.1, 0.15) is 37.6 Å². The zero-order chi connectivity index (χ0) is 15.8. The normalized spacial score (nSPS) is 11.6. The Balaban J connectivity index is 2.95. The van der Waals surface area contributed by atoms with Crippen LogP contribution in [0.25, 0.3) is 0 Å². The lowest BCUT2D eigenvalue weighted by atomic mass is 10.2. The van der Waals surface area contributed by atoms with Gasteiger partial charge in [0.1, 0.15) is 6.29 Å². The molecule has 1 aromatic rings. The summed E-state index contributed by atoms with van der Waals surface area (Å²) in [6.45, 7) is 6.52. The summed E-state index contributed by atoms with van der Waals surface area (Å²) in [5, 5.41) is 2.77. The summed E-state index contributed by atoms with van der Waals surface area (Å²) in [6.07, 6.45) is 0.934. The molecule has 0 fully saturated rings. The van der Waals surface area contributed by atoms with Crippen LogP contribution >= 0.6 is 15.9 Å². The Morgan fingerprint density at radius 3 is 2.71 bits per heavy atom. The Kier molecular flexibility index (Phi) is 7.22. The largest absolute Gasteiger partial charge is 0.490 e. The van der Waals surface area contributed by atoms with Crippen molar-refractivity contribution in [2.45, 2.75) is 33.3 Å². The van der Waals surface area contributed by atoms with Gasteiger partial charge in [0.05, 0.1) is 11.1 Å². The summed E-state index contributed by atoms with van der Waals surface area (Å²) >= 11 is 3.34. The SMILES string of the molecule is CCCNC(=O)C(C)Oc1c(Br)cc(C=O)cc1OCC. The minimum atomic E-state index is -0.658. The molecule has 1 rings (SSSR count). The lowest BCUT2D eigenvalue weighted by molar-refractivity contribution is -0.127. The van der Waals surface area contributed by atoms with Gasteiger partial charge in [-0.05, 0) is 48.3 Å². The van der Waals surface area contributed by atoms with Gasteiger partial charge < -0.3 is 14.8 Å². The molecule has 6 heteroatoms. The van der Waals surface area contributed by atoms with Gasteiger partial charge >= 0.3 is 0 Å². The Labute approximate surface area is 133 Å². The molecule has 1 unspecified atom stereocenters. The number of nitrogens with one attached hydrogen (secondary N) is 1. The van der Waals surface area contributed by atoms with Gasteiger partial charge in [-0.1, -0.05) is 6.92 Å². The van der Waals surface area contributed by atoms with Crippen molar-refractivity contribution in [3.63, 3.8) is 0 Å². The summed E-state index contributed by atoms with van der Waals surface area (Å²) < 4.78 is 11.7. The maximum Gasteiger partial charge on any atom is 0.260 e. The van der Waals surface area contributed by atoms with Gasteiger partial charge in [0.25, 0.3) is 5.91 Å². The highest BCUT2D eigenvalue weighted by Crippen LogP contribution is 2.37. The quantitative estimate of drug-likeness (QED) is 0.726. The van der Waals surface area contributed by atoms with Crippen LogP contribution in [0, 0.1) is 0 Å². The van der Waals surface area contributed by atoms with Crippen molar-refractivity contribution in [1.82, 2.24) is 5.32 Å². The molecule has 0 aliphatic rings. The summed E-state index contributed by atoms with van der Waals surface area (Å²) in [6, 6.07) is 3.22. The molecule has 0 radical (unpaired) electrons. The standard InChI is InChI=1S/C15H20BrNO4/c1-4-6-17-15(19)10(3)21-14-12(16)7-11(9-18)8-13(14)20-5-2/h7-10H,4-6H2,1-3H3,(H,17,19). The Bertz CT molecular complexity index is 505. The van der Waals surface area contributed by atoms with Gasteiger partial charge in [-0.2, -0.15) is 0 Å². The van der Waals surface area contributed by atoms with E-state index in [1.54, 1.807) is 19.1 Å². The molecule has 1 atom stereocenters. The second kappa shape index (κ2) is 8.67. The molecule has 1 N–H and O–H groups in total. The summed E-state index contributed by atoms with van der Waals surface area (Å²) in [5.74, 6) is 0.663.